The minimum atomic E-state index is -3.91. The van der Waals surface area contributed by atoms with Gasteiger partial charge in [0.05, 0.1) is 11.8 Å². The Hall–Kier alpha value is -2.32. The minimum Gasteiger partial charge on any atom is -0.478 e. The highest BCUT2D eigenvalue weighted by Gasteiger charge is 2.15. The molecular weight excluding hydrogens is 299 g/mol. The smallest absolute Gasteiger partial charge is 0.335 e. The summed E-state index contributed by atoms with van der Waals surface area (Å²) in [7, 11) is -3.91. The van der Waals surface area contributed by atoms with Gasteiger partial charge < -0.3 is 5.11 Å². The molecule has 2 rings (SSSR count). The molecule has 0 saturated heterocycles. The number of halogens is 1. The first kappa shape index (κ1) is 15.1. The number of aromatic carboxylic acids is 1. The van der Waals surface area contributed by atoms with Crippen molar-refractivity contribution in [1.82, 2.24) is 9.71 Å². The van der Waals surface area contributed by atoms with Crippen molar-refractivity contribution >= 4 is 16.0 Å². The number of hydrogen-bond donors (Lipinski definition) is 2. The number of hydrogen-bond acceptors (Lipinski definition) is 4. The molecule has 2 N–H and O–H groups in total. The summed E-state index contributed by atoms with van der Waals surface area (Å²) in [5.74, 6) is -1.86. The Kier molecular flexibility index (Phi) is 4.29. The Bertz CT molecular complexity index is 777. The Balaban J connectivity index is 2.15. The minimum absolute atomic E-state index is 0.0547. The van der Waals surface area contributed by atoms with E-state index in [4.69, 9.17) is 5.11 Å². The highest BCUT2D eigenvalue weighted by Crippen LogP contribution is 2.10. The molecule has 110 valence electrons. The molecule has 0 spiro atoms. The molecule has 1 aromatic heterocycles. The van der Waals surface area contributed by atoms with E-state index in [-0.39, 0.29) is 17.0 Å². The number of carbonyl (C=O) groups is 1. The van der Waals surface area contributed by atoms with Gasteiger partial charge in [0.2, 0.25) is 10.0 Å². The monoisotopic (exact) mass is 310 g/mol. The zero-order chi connectivity index (χ0) is 15.5. The van der Waals surface area contributed by atoms with Gasteiger partial charge in [-0.1, -0.05) is 12.1 Å². The van der Waals surface area contributed by atoms with Crippen molar-refractivity contribution in [1.29, 1.82) is 0 Å². The van der Waals surface area contributed by atoms with Gasteiger partial charge in [0.1, 0.15) is 10.7 Å². The highest BCUT2D eigenvalue weighted by atomic mass is 32.2. The summed E-state index contributed by atoms with van der Waals surface area (Å²) in [6.45, 7) is -0.111. The third-order valence-electron chi connectivity index (χ3n) is 2.63. The van der Waals surface area contributed by atoms with Crippen molar-refractivity contribution in [2.45, 2.75) is 11.4 Å². The van der Waals surface area contributed by atoms with Crippen molar-refractivity contribution in [2.75, 3.05) is 0 Å². The van der Waals surface area contributed by atoms with Crippen LogP contribution in [0.15, 0.2) is 47.6 Å². The maximum Gasteiger partial charge on any atom is 0.335 e. The van der Waals surface area contributed by atoms with Crippen molar-refractivity contribution < 1.29 is 22.7 Å². The quantitative estimate of drug-likeness (QED) is 0.870. The summed E-state index contributed by atoms with van der Waals surface area (Å²) in [6.07, 6.45) is 1.93. The predicted molar refractivity (Wildman–Crippen MR) is 71.6 cm³/mol. The van der Waals surface area contributed by atoms with E-state index in [1.807, 2.05) is 0 Å². The fraction of sp³-hybridized carbons (Fsp3) is 0.0769. The molecule has 0 saturated carbocycles. The van der Waals surface area contributed by atoms with Crippen LogP contribution in [0.25, 0.3) is 0 Å². The van der Waals surface area contributed by atoms with Crippen LogP contribution in [0.3, 0.4) is 0 Å². The highest BCUT2D eigenvalue weighted by molar-refractivity contribution is 7.89. The number of nitrogens with zero attached hydrogens (tertiary/aromatic N) is 1. The van der Waals surface area contributed by atoms with E-state index < -0.39 is 21.8 Å². The van der Waals surface area contributed by atoms with Crippen LogP contribution in [0.2, 0.25) is 0 Å². The Morgan fingerprint density at radius 3 is 2.71 bits per heavy atom. The lowest BCUT2D eigenvalue weighted by atomic mass is 10.1. The molecule has 0 atom stereocenters. The predicted octanol–water partition coefficient (Wildman–Crippen LogP) is 1.40. The molecule has 0 bridgehead atoms. The fourth-order valence-electron chi connectivity index (χ4n) is 1.62. The number of nitrogens with one attached hydrogen (secondary N) is 1. The second-order valence-electron chi connectivity index (χ2n) is 4.17. The van der Waals surface area contributed by atoms with Gasteiger partial charge in [0, 0.05) is 12.7 Å². The van der Waals surface area contributed by atoms with Gasteiger partial charge in [0.25, 0.3) is 0 Å². The van der Waals surface area contributed by atoms with Gasteiger partial charge in [-0.3, -0.25) is 4.98 Å². The zero-order valence-electron chi connectivity index (χ0n) is 10.7. The van der Waals surface area contributed by atoms with E-state index in [1.165, 1.54) is 18.2 Å². The summed E-state index contributed by atoms with van der Waals surface area (Å²) in [6, 6.07) is 6.70. The average molecular weight is 310 g/mol. The molecule has 1 heterocycles. The number of pyridine rings is 1. The SMILES string of the molecule is O=C(O)c1cccc(CNS(=O)(=O)c2cncc(F)c2)c1. The Labute approximate surface area is 120 Å². The third-order valence-corrected chi connectivity index (χ3v) is 4.00. The number of benzene rings is 1. The summed E-state index contributed by atoms with van der Waals surface area (Å²) in [5, 5.41) is 8.86. The van der Waals surface area contributed by atoms with Crippen LogP contribution in [-0.2, 0) is 16.6 Å². The number of rotatable bonds is 5. The van der Waals surface area contributed by atoms with Gasteiger partial charge in [-0.05, 0) is 23.8 Å². The molecule has 0 aliphatic heterocycles. The van der Waals surface area contributed by atoms with Crippen LogP contribution in [0, 0.1) is 5.82 Å². The first-order valence-electron chi connectivity index (χ1n) is 5.81. The van der Waals surface area contributed by atoms with Gasteiger partial charge in [0.15, 0.2) is 0 Å². The summed E-state index contributed by atoms with van der Waals surface area (Å²) >= 11 is 0. The standard InChI is InChI=1S/C13H11FN2O4S/c14-11-5-12(8-15-7-11)21(19,20)16-6-9-2-1-3-10(4-9)13(17)18/h1-5,7-8,16H,6H2,(H,17,18). The lowest BCUT2D eigenvalue weighted by Crippen LogP contribution is -2.23. The first-order chi connectivity index (χ1) is 9.88. The van der Waals surface area contributed by atoms with Crippen LogP contribution >= 0.6 is 0 Å². The van der Waals surface area contributed by atoms with E-state index in [1.54, 1.807) is 6.07 Å². The third kappa shape index (κ3) is 3.83. The van der Waals surface area contributed by atoms with Gasteiger partial charge >= 0.3 is 5.97 Å². The van der Waals surface area contributed by atoms with E-state index >= 15 is 0 Å². The van der Waals surface area contributed by atoms with Crippen LogP contribution in [0.5, 0.6) is 0 Å². The second-order valence-corrected chi connectivity index (χ2v) is 5.94. The van der Waals surface area contributed by atoms with E-state index in [0.717, 1.165) is 18.5 Å². The Morgan fingerprint density at radius 1 is 1.29 bits per heavy atom. The molecule has 0 aliphatic carbocycles. The normalized spacial score (nSPS) is 11.3. The molecule has 0 aliphatic rings. The van der Waals surface area contributed by atoms with Crippen molar-refractivity contribution in [3.8, 4) is 0 Å². The van der Waals surface area contributed by atoms with Crippen LogP contribution < -0.4 is 4.72 Å². The maximum atomic E-state index is 13.0. The zero-order valence-corrected chi connectivity index (χ0v) is 11.5. The molecule has 0 radical (unpaired) electrons. The summed E-state index contributed by atoms with van der Waals surface area (Å²) in [4.78, 5) is 14.0. The molecular formula is C13H11FN2O4S. The first-order valence-corrected chi connectivity index (χ1v) is 7.29. The van der Waals surface area contributed by atoms with Crippen molar-refractivity contribution in [3.05, 3.63) is 59.7 Å². The van der Waals surface area contributed by atoms with E-state index in [0.29, 0.717) is 5.56 Å². The molecule has 21 heavy (non-hydrogen) atoms. The second kappa shape index (κ2) is 5.98. The topological polar surface area (TPSA) is 96.4 Å². The van der Waals surface area contributed by atoms with E-state index in [9.17, 15) is 17.6 Å². The van der Waals surface area contributed by atoms with Crippen LogP contribution in [0.4, 0.5) is 4.39 Å². The van der Waals surface area contributed by atoms with E-state index in [2.05, 4.69) is 9.71 Å². The molecule has 8 heteroatoms. The lowest BCUT2D eigenvalue weighted by Gasteiger charge is -2.07. The number of sulfonamides is 1. The van der Waals surface area contributed by atoms with Gasteiger partial charge in [-0.15, -0.1) is 0 Å². The number of carboxylic acids is 1. The molecule has 6 nitrogen and oxygen atoms in total. The number of carboxylic acid groups (broad SMARTS) is 1. The van der Waals surface area contributed by atoms with Gasteiger partial charge in [-0.2, -0.15) is 0 Å². The van der Waals surface area contributed by atoms with Gasteiger partial charge in [-0.25, -0.2) is 22.3 Å². The molecule has 2 aromatic rings. The van der Waals surface area contributed by atoms with Crippen molar-refractivity contribution in [3.63, 3.8) is 0 Å². The fourth-order valence-corrected chi connectivity index (χ4v) is 2.61. The van der Waals surface area contributed by atoms with Crippen molar-refractivity contribution in [2.24, 2.45) is 0 Å². The molecule has 1 aromatic carbocycles. The Morgan fingerprint density at radius 2 is 2.05 bits per heavy atom. The van der Waals surface area contributed by atoms with Crippen LogP contribution in [-0.4, -0.2) is 24.5 Å². The molecule has 0 fully saturated rings. The summed E-state index contributed by atoms with van der Waals surface area (Å²) < 4.78 is 39.1. The lowest BCUT2D eigenvalue weighted by molar-refractivity contribution is 0.0696. The molecule has 0 amide bonds. The molecule has 0 unspecified atom stereocenters. The average Bonchev–Trinajstić information content (AvgIpc) is 2.45. The number of aromatic nitrogens is 1. The largest absolute Gasteiger partial charge is 0.478 e. The maximum absolute atomic E-state index is 13.0. The summed E-state index contributed by atoms with van der Waals surface area (Å²) in [5.41, 5.74) is 0.530. The van der Waals surface area contributed by atoms with Crippen LogP contribution in [0.1, 0.15) is 15.9 Å².